The number of carboxylic acid groups (broad SMARTS) is 1. The van der Waals surface area contributed by atoms with Gasteiger partial charge in [-0.15, -0.1) is 0 Å². The summed E-state index contributed by atoms with van der Waals surface area (Å²) in [6.45, 7) is 0.685. The first-order valence-corrected chi connectivity index (χ1v) is 7.66. The Labute approximate surface area is 138 Å². The topological polar surface area (TPSA) is 70.1 Å². The van der Waals surface area contributed by atoms with Gasteiger partial charge in [0, 0.05) is 19.6 Å². The summed E-state index contributed by atoms with van der Waals surface area (Å²) in [6, 6.07) is 0.655. The minimum Gasteiger partial charge on any atom is -0.489 e. The van der Waals surface area contributed by atoms with Crippen LogP contribution in [0.2, 0.25) is 5.02 Å². The molecule has 22 heavy (non-hydrogen) atoms. The van der Waals surface area contributed by atoms with Crippen molar-refractivity contribution in [2.75, 3.05) is 26.2 Å². The Morgan fingerprint density at radius 2 is 2.23 bits per heavy atom. The molecule has 118 valence electrons. The fourth-order valence-electron chi connectivity index (χ4n) is 2.65. The molecule has 1 saturated heterocycles. The van der Waals surface area contributed by atoms with Crippen LogP contribution in [-0.4, -0.2) is 59.2 Å². The number of hydrogen-bond donors (Lipinski definition) is 1. The van der Waals surface area contributed by atoms with Crippen molar-refractivity contribution in [3.8, 4) is 5.75 Å². The summed E-state index contributed by atoms with van der Waals surface area (Å²) < 4.78 is 19.4. The Hall–Kier alpha value is -1.54. The van der Waals surface area contributed by atoms with Crippen LogP contribution in [0, 0.1) is 5.82 Å². The van der Waals surface area contributed by atoms with Gasteiger partial charge in [0.25, 0.3) is 5.91 Å². The molecule has 0 radical (unpaired) electrons. The molecule has 1 N–H and O–H groups in total. The molecule has 2 amide bonds. The molecule has 1 atom stereocenters. The maximum absolute atomic E-state index is 13.8. The lowest BCUT2D eigenvalue weighted by molar-refractivity contribution is 0.0390. The lowest BCUT2D eigenvalue weighted by Crippen LogP contribution is -2.57. The van der Waals surface area contributed by atoms with E-state index in [0.717, 1.165) is 6.07 Å². The molecule has 9 heteroatoms. The summed E-state index contributed by atoms with van der Waals surface area (Å²) in [5.74, 6) is -0.935. The van der Waals surface area contributed by atoms with Crippen LogP contribution in [0.4, 0.5) is 9.18 Å². The fraction of sp³-hybridized carbons (Fsp3) is 0.385. The highest BCUT2D eigenvalue weighted by Crippen LogP contribution is 2.39. The summed E-state index contributed by atoms with van der Waals surface area (Å²) in [5, 5.41) is 9.06. The average molecular weight is 394 g/mol. The number of nitrogens with zero attached hydrogens (tertiary/aromatic N) is 2. The Kier molecular flexibility index (Phi) is 3.90. The number of rotatable bonds is 0. The minimum atomic E-state index is -1.04. The maximum atomic E-state index is 13.8. The van der Waals surface area contributed by atoms with Crippen molar-refractivity contribution in [1.29, 1.82) is 0 Å². The first-order valence-electron chi connectivity index (χ1n) is 6.49. The Morgan fingerprint density at radius 3 is 2.91 bits per heavy atom. The van der Waals surface area contributed by atoms with Gasteiger partial charge >= 0.3 is 6.09 Å². The van der Waals surface area contributed by atoms with Crippen molar-refractivity contribution in [2.24, 2.45) is 0 Å². The van der Waals surface area contributed by atoms with Gasteiger partial charge in [-0.1, -0.05) is 11.6 Å². The van der Waals surface area contributed by atoms with Gasteiger partial charge in [0.15, 0.2) is 5.75 Å². The van der Waals surface area contributed by atoms with Crippen LogP contribution in [-0.2, 0) is 0 Å². The fourth-order valence-corrected chi connectivity index (χ4v) is 3.19. The second kappa shape index (κ2) is 5.58. The number of benzene rings is 1. The Bertz CT molecular complexity index is 672. The normalized spacial score (nSPS) is 20.9. The van der Waals surface area contributed by atoms with E-state index in [-0.39, 0.29) is 47.0 Å². The molecular formula is C13H11BrClFN2O4. The average Bonchev–Trinajstić information content (AvgIpc) is 2.63. The number of carbonyl (C=O) groups excluding carboxylic acids is 1. The maximum Gasteiger partial charge on any atom is 0.407 e. The van der Waals surface area contributed by atoms with Crippen molar-refractivity contribution in [2.45, 2.75) is 6.04 Å². The van der Waals surface area contributed by atoms with Crippen molar-refractivity contribution in [1.82, 2.24) is 9.80 Å². The molecule has 1 aromatic rings. The number of ether oxygens (including phenoxy) is 1. The molecule has 3 rings (SSSR count). The summed E-state index contributed by atoms with van der Waals surface area (Å²) >= 11 is 9.05. The number of halogens is 3. The lowest BCUT2D eigenvalue weighted by atomic mass is 10.1. The highest BCUT2D eigenvalue weighted by atomic mass is 79.9. The van der Waals surface area contributed by atoms with E-state index in [0.29, 0.717) is 0 Å². The van der Waals surface area contributed by atoms with Crippen molar-refractivity contribution < 1.29 is 23.8 Å². The SMILES string of the molecule is O=C(O)N1CCN2C(=O)c3cc(F)c(Br)c(Cl)c3OC[C@H]2C1. The molecule has 0 aromatic heterocycles. The van der Waals surface area contributed by atoms with Gasteiger partial charge in [0.05, 0.1) is 16.1 Å². The standard InChI is InChI=1S/C13H11BrClFN2O4/c14-9-8(16)3-7-11(10(9)15)22-5-6-4-17(13(20)21)1-2-18(6)12(7)19/h3,6H,1-2,4-5H2,(H,20,21)/t6-/m1/s1. The zero-order chi connectivity index (χ0) is 16.0. The quantitative estimate of drug-likeness (QED) is 0.687. The van der Waals surface area contributed by atoms with E-state index in [1.165, 1.54) is 9.80 Å². The molecule has 1 fully saturated rings. The van der Waals surface area contributed by atoms with Gasteiger partial charge in [-0.05, 0) is 22.0 Å². The molecule has 0 saturated carbocycles. The van der Waals surface area contributed by atoms with Crippen LogP contribution in [0.25, 0.3) is 0 Å². The predicted octanol–water partition coefficient (Wildman–Crippen LogP) is 2.44. The number of carbonyl (C=O) groups is 2. The predicted molar refractivity (Wildman–Crippen MR) is 79.0 cm³/mol. The molecule has 0 unspecified atom stereocenters. The Balaban J connectivity index is 1.98. The lowest BCUT2D eigenvalue weighted by Gasteiger charge is -2.38. The van der Waals surface area contributed by atoms with Crippen molar-refractivity contribution >= 4 is 39.5 Å². The van der Waals surface area contributed by atoms with Gasteiger partial charge < -0.3 is 19.6 Å². The Morgan fingerprint density at radius 1 is 1.50 bits per heavy atom. The molecule has 0 bridgehead atoms. The van der Waals surface area contributed by atoms with Crippen molar-refractivity contribution in [3.63, 3.8) is 0 Å². The molecular weight excluding hydrogens is 383 g/mol. The molecule has 1 aromatic carbocycles. The van der Waals surface area contributed by atoms with Gasteiger partial charge in [0.1, 0.15) is 17.4 Å². The van der Waals surface area contributed by atoms with E-state index in [9.17, 15) is 14.0 Å². The van der Waals surface area contributed by atoms with Crippen LogP contribution in [0.1, 0.15) is 10.4 Å². The first kappa shape index (κ1) is 15.4. The van der Waals surface area contributed by atoms with Crippen LogP contribution >= 0.6 is 27.5 Å². The highest BCUT2D eigenvalue weighted by Gasteiger charge is 2.38. The number of hydrogen-bond acceptors (Lipinski definition) is 3. The first-order chi connectivity index (χ1) is 10.4. The van der Waals surface area contributed by atoms with Crippen LogP contribution in [0.3, 0.4) is 0 Å². The summed E-state index contributed by atoms with van der Waals surface area (Å²) in [6.07, 6.45) is -1.04. The summed E-state index contributed by atoms with van der Waals surface area (Å²) in [5.41, 5.74) is 0.0528. The zero-order valence-corrected chi connectivity index (χ0v) is 13.5. The monoisotopic (exact) mass is 392 g/mol. The van der Waals surface area contributed by atoms with E-state index >= 15 is 0 Å². The highest BCUT2D eigenvalue weighted by molar-refractivity contribution is 9.10. The molecule has 6 nitrogen and oxygen atoms in total. The zero-order valence-electron chi connectivity index (χ0n) is 11.2. The third-order valence-electron chi connectivity index (χ3n) is 3.78. The summed E-state index contributed by atoms with van der Waals surface area (Å²) in [4.78, 5) is 26.4. The van der Waals surface area contributed by atoms with E-state index in [2.05, 4.69) is 15.9 Å². The second-order valence-corrected chi connectivity index (χ2v) is 6.23. The third-order valence-corrected chi connectivity index (χ3v) is 5.15. The minimum absolute atomic E-state index is 0.00159. The van der Waals surface area contributed by atoms with Crippen LogP contribution in [0.15, 0.2) is 10.5 Å². The largest absolute Gasteiger partial charge is 0.489 e. The molecule has 2 aliphatic rings. The molecule has 2 heterocycles. The van der Waals surface area contributed by atoms with Gasteiger partial charge in [-0.2, -0.15) is 0 Å². The van der Waals surface area contributed by atoms with Crippen molar-refractivity contribution in [3.05, 3.63) is 26.9 Å². The summed E-state index contributed by atoms with van der Waals surface area (Å²) in [7, 11) is 0. The van der Waals surface area contributed by atoms with E-state index < -0.39 is 23.9 Å². The van der Waals surface area contributed by atoms with Crippen LogP contribution < -0.4 is 4.74 Å². The molecule has 2 aliphatic heterocycles. The molecule has 0 spiro atoms. The number of fused-ring (bicyclic) bond motifs is 2. The van der Waals surface area contributed by atoms with Crippen LogP contribution in [0.5, 0.6) is 5.75 Å². The smallest absolute Gasteiger partial charge is 0.407 e. The number of piperazine rings is 1. The third kappa shape index (κ3) is 2.40. The van der Waals surface area contributed by atoms with Gasteiger partial charge in [-0.25, -0.2) is 9.18 Å². The van der Waals surface area contributed by atoms with E-state index in [4.69, 9.17) is 21.4 Å². The van der Waals surface area contributed by atoms with Gasteiger partial charge in [0.2, 0.25) is 0 Å². The van der Waals surface area contributed by atoms with E-state index in [1.54, 1.807) is 0 Å². The van der Waals surface area contributed by atoms with E-state index in [1.807, 2.05) is 0 Å². The number of amides is 2. The van der Waals surface area contributed by atoms with Gasteiger partial charge in [-0.3, -0.25) is 4.79 Å². The molecule has 0 aliphatic carbocycles. The second-order valence-electron chi connectivity index (χ2n) is 5.06.